The lowest BCUT2D eigenvalue weighted by molar-refractivity contribution is 0.462. The summed E-state index contributed by atoms with van der Waals surface area (Å²) in [6, 6.07) is 5.97. The molecule has 0 radical (unpaired) electrons. The number of phenols is 1. The van der Waals surface area contributed by atoms with Gasteiger partial charge < -0.3 is 10.8 Å². The molecule has 2 nitrogen and oxygen atoms in total. The number of hydrogen-bond acceptors (Lipinski definition) is 2. The molecule has 1 fully saturated rings. The Morgan fingerprint density at radius 2 is 2.07 bits per heavy atom. The highest BCUT2D eigenvalue weighted by atomic mass is 16.3. The predicted octanol–water partition coefficient (Wildman–Crippen LogP) is 2.55. The lowest BCUT2D eigenvalue weighted by Crippen LogP contribution is -2.24. The third-order valence-electron chi connectivity index (χ3n) is 3.21. The van der Waals surface area contributed by atoms with Gasteiger partial charge in [-0.15, -0.1) is 0 Å². The first-order valence-corrected chi connectivity index (χ1v) is 5.61. The van der Waals surface area contributed by atoms with Crippen LogP contribution in [0.3, 0.4) is 0 Å². The molecule has 0 unspecified atom stereocenters. The molecule has 0 atom stereocenters. The van der Waals surface area contributed by atoms with Gasteiger partial charge in [0.1, 0.15) is 5.75 Å². The lowest BCUT2D eigenvalue weighted by Gasteiger charge is -2.12. The van der Waals surface area contributed by atoms with Gasteiger partial charge in [0, 0.05) is 5.54 Å². The highest BCUT2D eigenvalue weighted by molar-refractivity contribution is 5.39. The smallest absolute Gasteiger partial charge is 0.119 e. The summed E-state index contributed by atoms with van der Waals surface area (Å²) in [5.41, 5.74) is 8.17. The Morgan fingerprint density at radius 3 is 2.53 bits per heavy atom. The van der Waals surface area contributed by atoms with Crippen LogP contribution in [0.1, 0.15) is 43.7 Å². The molecule has 15 heavy (non-hydrogen) atoms. The molecular weight excluding hydrogens is 186 g/mol. The topological polar surface area (TPSA) is 46.2 Å². The summed E-state index contributed by atoms with van der Waals surface area (Å²) in [7, 11) is 0. The molecule has 3 N–H and O–H groups in total. The highest BCUT2D eigenvalue weighted by Crippen LogP contribution is 2.38. The molecule has 1 aliphatic carbocycles. The normalized spacial score (nSPS) is 18.1. The second-order valence-corrected chi connectivity index (χ2v) is 5.08. The van der Waals surface area contributed by atoms with E-state index in [9.17, 15) is 5.11 Å². The van der Waals surface area contributed by atoms with E-state index < -0.39 is 0 Å². The van der Waals surface area contributed by atoms with Gasteiger partial charge in [0.2, 0.25) is 0 Å². The van der Waals surface area contributed by atoms with Crippen molar-refractivity contribution in [1.29, 1.82) is 0 Å². The van der Waals surface area contributed by atoms with E-state index in [1.54, 1.807) is 0 Å². The standard InChI is InChI=1S/C13H19NO/c1-9(2)10-3-4-11(12(15)7-10)8-13(14)5-6-13/h3-4,7,9,15H,5-6,8,14H2,1-2H3. The monoisotopic (exact) mass is 205 g/mol. The van der Waals surface area contributed by atoms with Crippen LogP contribution in [0.15, 0.2) is 18.2 Å². The van der Waals surface area contributed by atoms with Gasteiger partial charge in [-0.2, -0.15) is 0 Å². The van der Waals surface area contributed by atoms with Crippen LogP contribution < -0.4 is 5.73 Å². The predicted molar refractivity (Wildman–Crippen MR) is 62.1 cm³/mol. The molecule has 82 valence electrons. The molecule has 0 heterocycles. The van der Waals surface area contributed by atoms with E-state index >= 15 is 0 Å². The van der Waals surface area contributed by atoms with Crippen molar-refractivity contribution in [1.82, 2.24) is 0 Å². The molecule has 0 aliphatic heterocycles. The Balaban J connectivity index is 2.19. The van der Waals surface area contributed by atoms with Crippen molar-refractivity contribution in [3.05, 3.63) is 29.3 Å². The summed E-state index contributed by atoms with van der Waals surface area (Å²) < 4.78 is 0. The molecular formula is C13H19NO. The van der Waals surface area contributed by atoms with E-state index in [0.717, 1.165) is 24.8 Å². The second kappa shape index (κ2) is 3.53. The minimum absolute atomic E-state index is 0.0309. The van der Waals surface area contributed by atoms with Crippen LogP contribution in [0.4, 0.5) is 0 Å². The van der Waals surface area contributed by atoms with Crippen molar-refractivity contribution in [3.8, 4) is 5.75 Å². The van der Waals surface area contributed by atoms with Crippen LogP contribution >= 0.6 is 0 Å². The van der Waals surface area contributed by atoms with Gasteiger partial charge in [-0.25, -0.2) is 0 Å². The van der Waals surface area contributed by atoms with E-state index in [-0.39, 0.29) is 5.54 Å². The number of aromatic hydroxyl groups is 1. The summed E-state index contributed by atoms with van der Waals surface area (Å²) in [6.45, 7) is 4.25. The van der Waals surface area contributed by atoms with Crippen LogP contribution in [0.5, 0.6) is 5.75 Å². The molecule has 2 rings (SSSR count). The molecule has 1 aliphatic rings. The van der Waals surface area contributed by atoms with Crippen LogP contribution in [0.2, 0.25) is 0 Å². The summed E-state index contributed by atoms with van der Waals surface area (Å²) in [5, 5.41) is 9.88. The Morgan fingerprint density at radius 1 is 1.40 bits per heavy atom. The summed E-state index contributed by atoms with van der Waals surface area (Å²) in [4.78, 5) is 0. The molecule has 0 amide bonds. The minimum atomic E-state index is -0.0309. The average molecular weight is 205 g/mol. The zero-order valence-corrected chi connectivity index (χ0v) is 9.46. The van der Waals surface area contributed by atoms with Crippen molar-refractivity contribution in [2.75, 3.05) is 0 Å². The first-order chi connectivity index (χ1) is 7.00. The van der Waals surface area contributed by atoms with E-state index in [1.165, 1.54) is 5.56 Å². The van der Waals surface area contributed by atoms with Crippen LogP contribution in [0.25, 0.3) is 0 Å². The number of rotatable bonds is 3. The third kappa shape index (κ3) is 2.32. The Hall–Kier alpha value is -1.02. The number of nitrogens with two attached hydrogens (primary N) is 1. The van der Waals surface area contributed by atoms with Crippen molar-refractivity contribution in [2.45, 2.75) is 44.6 Å². The molecule has 1 aromatic carbocycles. The molecule has 0 spiro atoms. The van der Waals surface area contributed by atoms with Crippen LogP contribution in [0, 0.1) is 0 Å². The van der Waals surface area contributed by atoms with Crippen LogP contribution in [-0.4, -0.2) is 10.6 Å². The van der Waals surface area contributed by atoms with Crippen LogP contribution in [-0.2, 0) is 6.42 Å². The van der Waals surface area contributed by atoms with Gasteiger partial charge >= 0.3 is 0 Å². The fourth-order valence-electron chi connectivity index (χ4n) is 1.81. The molecule has 1 saturated carbocycles. The maximum Gasteiger partial charge on any atom is 0.119 e. The maximum absolute atomic E-state index is 9.88. The van der Waals surface area contributed by atoms with Crippen molar-refractivity contribution < 1.29 is 5.11 Å². The highest BCUT2D eigenvalue weighted by Gasteiger charge is 2.38. The quantitative estimate of drug-likeness (QED) is 0.796. The molecule has 2 heteroatoms. The largest absolute Gasteiger partial charge is 0.508 e. The molecule has 0 saturated heterocycles. The summed E-state index contributed by atoms with van der Waals surface area (Å²) in [6.07, 6.45) is 2.97. The van der Waals surface area contributed by atoms with Gasteiger partial charge in [-0.1, -0.05) is 26.0 Å². The molecule has 1 aromatic rings. The molecule has 0 aromatic heterocycles. The Bertz CT molecular complexity index is 367. The SMILES string of the molecule is CC(C)c1ccc(CC2(N)CC2)c(O)c1. The Kier molecular flexibility index (Phi) is 2.47. The first-order valence-electron chi connectivity index (χ1n) is 5.61. The number of phenolic OH excluding ortho intramolecular Hbond substituents is 1. The van der Waals surface area contributed by atoms with E-state index in [2.05, 4.69) is 19.9 Å². The summed E-state index contributed by atoms with van der Waals surface area (Å²) >= 11 is 0. The maximum atomic E-state index is 9.88. The zero-order valence-electron chi connectivity index (χ0n) is 9.46. The minimum Gasteiger partial charge on any atom is -0.508 e. The van der Waals surface area contributed by atoms with Gasteiger partial charge in [-0.3, -0.25) is 0 Å². The number of benzene rings is 1. The van der Waals surface area contributed by atoms with Crippen molar-refractivity contribution in [2.24, 2.45) is 5.73 Å². The van der Waals surface area contributed by atoms with Crippen molar-refractivity contribution >= 4 is 0 Å². The second-order valence-electron chi connectivity index (χ2n) is 5.08. The Labute approximate surface area is 91.1 Å². The van der Waals surface area contributed by atoms with Gasteiger partial charge in [-0.05, 0) is 42.4 Å². The van der Waals surface area contributed by atoms with E-state index in [0.29, 0.717) is 11.7 Å². The number of hydrogen-bond donors (Lipinski definition) is 2. The first kappa shape index (κ1) is 10.5. The van der Waals surface area contributed by atoms with Crippen molar-refractivity contribution in [3.63, 3.8) is 0 Å². The lowest BCUT2D eigenvalue weighted by atomic mass is 9.97. The zero-order chi connectivity index (χ0) is 11.1. The van der Waals surface area contributed by atoms with Gasteiger partial charge in [0.05, 0.1) is 0 Å². The summed E-state index contributed by atoms with van der Waals surface area (Å²) in [5.74, 6) is 0.857. The fraction of sp³-hybridized carbons (Fsp3) is 0.538. The van der Waals surface area contributed by atoms with E-state index in [1.807, 2.05) is 12.1 Å². The average Bonchev–Trinajstić information content (AvgIpc) is 2.87. The molecule has 0 bridgehead atoms. The van der Waals surface area contributed by atoms with Gasteiger partial charge in [0.15, 0.2) is 0 Å². The fourth-order valence-corrected chi connectivity index (χ4v) is 1.81. The van der Waals surface area contributed by atoms with E-state index in [4.69, 9.17) is 5.73 Å². The van der Waals surface area contributed by atoms with Gasteiger partial charge in [0.25, 0.3) is 0 Å². The third-order valence-corrected chi connectivity index (χ3v) is 3.21.